The summed E-state index contributed by atoms with van der Waals surface area (Å²) in [6.07, 6.45) is 5.19. The SMILES string of the molecule is C/C=C/CCNc1cc(Br)nc(C(C)(C)C)n1. The molecule has 0 amide bonds. The van der Waals surface area contributed by atoms with Crippen LogP contribution in [-0.4, -0.2) is 16.5 Å². The second-order valence-electron chi connectivity index (χ2n) is 4.93. The fraction of sp³-hybridized carbons (Fsp3) is 0.538. The maximum absolute atomic E-state index is 4.53. The van der Waals surface area contributed by atoms with Crippen molar-refractivity contribution in [1.82, 2.24) is 9.97 Å². The smallest absolute Gasteiger partial charge is 0.137 e. The summed E-state index contributed by atoms with van der Waals surface area (Å²) in [6, 6.07) is 1.91. The minimum absolute atomic E-state index is 0.0382. The summed E-state index contributed by atoms with van der Waals surface area (Å²) in [5.41, 5.74) is -0.0382. The van der Waals surface area contributed by atoms with E-state index >= 15 is 0 Å². The van der Waals surface area contributed by atoms with Crippen LogP contribution < -0.4 is 5.32 Å². The van der Waals surface area contributed by atoms with Gasteiger partial charge in [0.25, 0.3) is 0 Å². The molecule has 0 fully saturated rings. The van der Waals surface area contributed by atoms with Crippen molar-refractivity contribution in [3.8, 4) is 0 Å². The standard InChI is InChI=1S/C13H20BrN3/c1-5-6-7-8-15-11-9-10(14)16-12(17-11)13(2,3)4/h5-6,9H,7-8H2,1-4H3,(H,15,16,17)/b6-5+. The lowest BCUT2D eigenvalue weighted by molar-refractivity contribution is 0.544. The molecule has 17 heavy (non-hydrogen) atoms. The molecule has 1 heterocycles. The molecule has 3 nitrogen and oxygen atoms in total. The Hall–Kier alpha value is -0.900. The number of nitrogens with one attached hydrogen (secondary N) is 1. The number of halogens is 1. The molecular weight excluding hydrogens is 278 g/mol. The van der Waals surface area contributed by atoms with Gasteiger partial charge in [-0.2, -0.15) is 0 Å². The molecule has 0 atom stereocenters. The summed E-state index contributed by atoms with van der Waals surface area (Å²) in [6.45, 7) is 9.24. The van der Waals surface area contributed by atoms with Crippen molar-refractivity contribution < 1.29 is 0 Å². The zero-order valence-corrected chi connectivity index (χ0v) is 12.5. The zero-order valence-electron chi connectivity index (χ0n) is 10.9. The number of nitrogens with zero attached hydrogens (tertiary/aromatic N) is 2. The molecule has 0 radical (unpaired) electrons. The Morgan fingerprint density at radius 2 is 2.06 bits per heavy atom. The highest BCUT2D eigenvalue weighted by Crippen LogP contribution is 2.22. The molecule has 0 aliphatic rings. The van der Waals surface area contributed by atoms with Crippen LogP contribution in [0.4, 0.5) is 5.82 Å². The lowest BCUT2D eigenvalue weighted by Crippen LogP contribution is -2.17. The summed E-state index contributed by atoms with van der Waals surface area (Å²) in [5, 5.41) is 3.30. The largest absolute Gasteiger partial charge is 0.370 e. The molecule has 0 saturated carbocycles. The van der Waals surface area contributed by atoms with Crippen LogP contribution in [0.2, 0.25) is 0 Å². The van der Waals surface area contributed by atoms with Gasteiger partial charge in [0.15, 0.2) is 0 Å². The fourth-order valence-electron chi connectivity index (χ4n) is 1.29. The normalized spacial score (nSPS) is 12.1. The van der Waals surface area contributed by atoms with Gasteiger partial charge in [0.2, 0.25) is 0 Å². The van der Waals surface area contributed by atoms with Gasteiger partial charge < -0.3 is 5.32 Å². The van der Waals surface area contributed by atoms with Crippen LogP contribution in [0.1, 0.15) is 39.9 Å². The highest BCUT2D eigenvalue weighted by Gasteiger charge is 2.18. The van der Waals surface area contributed by atoms with Gasteiger partial charge in [-0.15, -0.1) is 0 Å². The number of allylic oxidation sites excluding steroid dienone is 1. The van der Waals surface area contributed by atoms with Crippen LogP contribution in [0, 0.1) is 0 Å². The minimum atomic E-state index is -0.0382. The molecule has 4 heteroatoms. The molecule has 0 aromatic carbocycles. The predicted molar refractivity (Wildman–Crippen MR) is 76.4 cm³/mol. The summed E-state index contributed by atoms with van der Waals surface area (Å²) < 4.78 is 0.825. The van der Waals surface area contributed by atoms with Crippen molar-refractivity contribution in [1.29, 1.82) is 0 Å². The highest BCUT2D eigenvalue weighted by molar-refractivity contribution is 9.10. The van der Waals surface area contributed by atoms with Crippen molar-refractivity contribution in [2.75, 3.05) is 11.9 Å². The lowest BCUT2D eigenvalue weighted by atomic mass is 9.96. The van der Waals surface area contributed by atoms with Crippen molar-refractivity contribution in [3.05, 3.63) is 28.6 Å². The van der Waals surface area contributed by atoms with E-state index in [9.17, 15) is 0 Å². The maximum Gasteiger partial charge on any atom is 0.137 e. The quantitative estimate of drug-likeness (QED) is 0.520. The van der Waals surface area contributed by atoms with E-state index in [1.165, 1.54) is 0 Å². The molecule has 0 saturated heterocycles. The van der Waals surface area contributed by atoms with Crippen molar-refractivity contribution in [2.45, 2.75) is 39.5 Å². The fourth-order valence-corrected chi connectivity index (χ4v) is 1.68. The van der Waals surface area contributed by atoms with Crippen LogP contribution in [0.3, 0.4) is 0 Å². The number of hydrogen-bond acceptors (Lipinski definition) is 3. The summed E-state index contributed by atoms with van der Waals surface area (Å²) >= 11 is 3.42. The van der Waals surface area contributed by atoms with E-state index in [1.807, 2.05) is 13.0 Å². The van der Waals surface area contributed by atoms with Gasteiger partial charge >= 0.3 is 0 Å². The van der Waals surface area contributed by atoms with Gasteiger partial charge in [-0.3, -0.25) is 0 Å². The third-order valence-electron chi connectivity index (χ3n) is 2.22. The Labute approximate surface area is 112 Å². The molecule has 0 aliphatic heterocycles. The van der Waals surface area contributed by atoms with Gasteiger partial charge in [0, 0.05) is 18.0 Å². The summed E-state index contributed by atoms with van der Waals surface area (Å²) in [7, 11) is 0. The second kappa shape index (κ2) is 6.15. The number of anilines is 1. The monoisotopic (exact) mass is 297 g/mol. The van der Waals surface area contributed by atoms with Gasteiger partial charge in [-0.1, -0.05) is 32.9 Å². The van der Waals surface area contributed by atoms with Crippen LogP contribution >= 0.6 is 15.9 Å². The third kappa shape index (κ3) is 4.86. The predicted octanol–water partition coefficient (Wildman–Crippen LogP) is 3.91. The van der Waals surface area contributed by atoms with Crippen molar-refractivity contribution in [2.24, 2.45) is 0 Å². The van der Waals surface area contributed by atoms with Gasteiger partial charge in [-0.25, -0.2) is 9.97 Å². The average molecular weight is 298 g/mol. The molecule has 0 spiro atoms. The molecular formula is C13H20BrN3. The van der Waals surface area contributed by atoms with Gasteiger partial charge in [-0.05, 0) is 29.3 Å². The Morgan fingerprint density at radius 3 is 2.65 bits per heavy atom. The highest BCUT2D eigenvalue weighted by atomic mass is 79.9. The van der Waals surface area contributed by atoms with E-state index in [2.05, 4.69) is 64.1 Å². The van der Waals surface area contributed by atoms with Gasteiger partial charge in [0.1, 0.15) is 16.2 Å². The summed E-state index contributed by atoms with van der Waals surface area (Å²) in [5.74, 6) is 1.72. The van der Waals surface area contributed by atoms with E-state index in [4.69, 9.17) is 0 Å². The molecule has 1 aromatic heterocycles. The van der Waals surface area contributed by atoms with Crippen molar-refractivity contribution >= 4 is 21.7 Å². The molecule has 0 unspecified atom stereocenters. The van der Waals surface area contributed by atoms with Gasteiger partial charge in [0.05, 0.1) is 0 Å². The van der Waals surface area contributed by atoms with E-state index < -0.39 is 0 Å². The average Bonchev–Trinajstić information content (AvgIpc) is 2.22. The van der Waals surface area contributed by atoms with E-state index in [0.29, 0.717) is 0 Å². The van der Waals surface area contributed by atoms with Crippen LogP contribution in [0.15, 0.2) is 22.8 Å². The third-order valence-corrected chi connectivity index (χ3v) is 2.62. The van der Waals surface area contributed by atoms with Crippen LogP contribution in [0.25, 0.3) is 0 Å². The van der Waals surface area contributed by atoms with E-state index in [-0.39, 0.29) is 5.41 Å². The van der Waals surface area contributed by atoms with E-state index in [0.717, 1.165) is 29.2 Å². The Morgan fingerprint density at radius 1 is 1.35 bits per heavy atom. The number of hydrogen-bond donors (Lipinski definition) is 1. The molecule has 1 aromatic rings. The molecule has 0 bridgehead atoms. The van der Waals surface area contributed by atoms with Crippen LogP contribution in [0.5, 0.6) is 0 Å². The molecule has 1 rings (SSSR count). The first-order valence-corrected chi connectivity index (χ1v) is 6.63. The Kier molecular flexibility index (Phi) is 5.12. The summed E-state index contributed by atoms with van der Waals surface area (Å²) in [4.78, 5) is 8.93. The van der Waals surface area contributed by atoms with Crippen LogP contribution in [-0.2, 0) is 5.41 Å². The Bertz CT molecular complexity index is 394. The molecule has 0 aliphatic carbocycles. The first-order chi connectivity index (χ1) is 7.93. The second-order valence-corrected chi connectivity index (χ2v) is 5.75. The maximum atomic E-state index is 4.53. The zero-order chi connectivity index (χ0) is 12.9. The molecule has 1 N–H and O–H groups in total. The van der Waals surface area contributed by atoms with Crippen molar-refractivity contribution in [3.63, 3.8) is 0 Å². The Balaban J connectivity index is 2.76. The number of rotatable bonds is 4. The van der Waals surface area contributed by atoms with E-state index in [1.54, 1.807) is 0 Å². The minimum Gasteiger partial charge on any atom is -0.370 e. The first kappa shape index (κ1) is 14.2. The lowest BCUT2D eigenvalue weighted by Gasteiger charge is -2.17. The first-order valence-electron chi connectivity index (χ1n) is 5.83. The molecule has 94 valence electrons. The number of aromatic nitrogens is 2. The topological polar surface area (TPSA) is 37.8 Å².